The highest BCUT2D eigenvalue weighted by molar-refractivity contribution is 5.20. The van der Waals surface area contributed by atoms with E-state index in [1.165, 1.54) is 6.07 Å². The minimum Gasteiger partial charge on any atom is -0.387 e. The molecule has 4 nitrogen and oxygen atoms in total. The number of ether oxygens (including phenoxy) is 1. The number of aliphatic hydroxyl groups excluding tert-OH is 1. The van der Waals surface area contributed by atoms with Crippen molar-refractivity contribution in [2.45, 2.75) is 25.2 Å². The molecule has 1 N–H and O–H groups in total. The fourth-order valence-electron chi connectivity index (χ4n) is 2.88. The van der Waals surface area contributed by atoms with Crippen LogP contribution in [0.5, 0.6) is 0 Å². The number of benzene rings is 1. The molecule has 5 heteroatoms. The largest absolute Gasteiger partial charge is 0.387 e. The molecule has 1 aliphatic rings. The molecule has 0 saturated carbocycles. The predicted molar refractivity (Wildman–Crippen MR) is 85.2 cm³/mol. The molecule has 0 bridgehead atoms. The van der Waals surface area contributed by atoms with Crippen LogP contribution < -0.4 is 0 Å². The molecule has 23 heavy (non-hydrogen) atoms. The average molecular weight is 316 g/mol. The lowest BCUT2D eigenvalue weighted by Gasteiger charge is -2.20. The van der Waals surface area contributed by atoms with Crippen LogP contribution in [0, 0.1) is 5.82 Å². The number of hydrogen-bond acceptors (Lipinski definition) is 4. The van der Waals surface area contributed by atoms with Crippen molar-refractivity contribution >= 4 is 0 Å². The summed E-state index contributed by atoms with van der Waals surface area (Å²) in [4.78, 5) is 6.10. The minimum atomic E-state index is -0.810. The first kappa shape index (κ1) is 16.1. The molecule has 1 saturated heterocycles. The highest BCUT2D eigenvalue weighted by atomic mass is 19.1. The highest BCUT2D eigenvalue weighted by Crippen LogP contribution is 2.21. The SMILES string of the molecule is OC(CN1CCC(OCc2ccncc2)C1)c1ccccc1F. The molecule has 0 amide bonds. The molecule has 1 aromatic carbocycles. The quantitative estimate of drug-likeness (QED) is 0.889. The Morgan fingerprint density at radius 3 is 2.83 bits per heavy atom. The number of nitrogens with zero attached hydrogens (tertiary/aromatic N) is 2. The first-order valence-corrected chi connectivity index (χ1v) is 7.87. The number of pyridine rings is 1. The van der Waals surface area contributed by atoms with Crippen molar-refractivity contribution in [3.63, 3.8) is 0 Å². The minimum absolute atomic E-state index is 0.149. The molecule has 2 aromatic rings. The summed E-state index contributed by atoms with van der Waals surface area (Å²) in [5.41, 5.74) is 1.46. The van der Waals surface area contributed by atoms with Crippen molar-refractivity contribution in [2.75, 3.05) is 19.6 Å². The molecule has 0 spiro atoms. The third kappa shape index (κ3) is 4.34. The molecule has 1 fully saturated rings. The molecule has 2 unspecified atom stereocenters. The summed E-state index contributed by atoms with van der Waals surface area (Å²) >= 11 is 0. The number of likely N-dealkylation sites (tertiary alicyclic amines) is 1. The van der Waals surface area contributed by atoms with Crippen LogP contribution in [0.15, 0.2) is 48.8 Å². The van der Waals surface area contributed by atoms with Gasteiger partial charge in [0.1, 0.15) is 5.82 Å². The molecular weight excluding hydrogens is 295 g/mol. The number of halogens is 1. The van der Waals surface area contributed by atoms with E-state index in [-0.39, 0.29) is 11.9 Å². The Labute approximate surface area is 135 Å². The van der Waals surface area contributed by atoms with Gasteiger partial charge in [-0.1, -0.05) is 18.2 Å². The summed E-state index contributed by atoms with van der Waals surface area (Å²) in [5.74, 6) is -0.357. The Hall–Kier alpha value is -1.82. The molecule has 122 valence electrons. The Morgan fingerprint density at radius 1 is 1.26 bits per heavy atom. The van der Waals surface area contributed by atoms with E-state index in [0.717, 1.165) is 25.1 Å². The monoisotopic (exact) mass is 316 g/mol. The van der Waals surface area contributed by atoms with E-state index < -0.39 is 6.10 Å². The van der Waals surface area contributed by atoms with Crippen LogP contribution in [-0.2, 0) is 11.3 Å². The van der Waals surface area contributed by atoms with E-state index >= 15 is 0 Å². The lowest BCUT2D eigenvalue weighted by molar-refractivity contribution is 0.0414. The molecule has 0 radical (unpaired) electrons. The van der Waals surface area contributed by atoms with Gasteiger partial charge in [0.05, 0.1) is 18.8 Å². The van der Waals surface area contributed by atoms with Crippen LogP contribution in [0.2, 0.25) is 0 Å². The van der Waals surface area contributed by atoms with Gasteiger partial charge in [0.2, 0.25) is 0 Å². The Balaban J connectivity index is 1.47. The Morgan fingerprint density at radius 2 is 2.04 bits per heavy atom. The van der Waals surface area contributed by atoms with Gasteiger partial charge in [-0.2, -0.15) is 0 Å². The third-order valence-corrected chi connectivity index (χ3v) is 4.16. The fourth-order valence-corrected chi connectivity index (χ4v) is 2.88. The van der Waals surface area contributed by atoms with Crippen LogP contribution in [0.4, 0.5) is 4.39 Å². The lowest BCUT2D eigenvalue weighted by Crippen LogP contribution is -2.28. The summed E-state index contributed by atoms with van der Waals surface area (Å²) in [6.07, 6.45) is 3.77. The molecule has 0 aliphatic carbocycles. The summed E-state index contributed by atoms with van der Waals surface area (Å²) in [6, 6.07) is 10.3. The zero-order chi connectivity index (χ0) is 16.1. The molecule has 1 aromatic heterocycles. The zero-order valence-corrected chi connectivity index (χ0v) is 12.9. The van der Waals surface area contributed by atoms with E-state index in [1.807, 2.05) is 12.1 Å². The average Bonchev–Trinajstić information content (AvgIpc) is 3.02. The number of aromatic nitrogens is 1. The first-order chi connectivity index (χ1) is 11.2. The van der Waals surface area contributed by atoms with Crippen molar-refractivity contribution in [1.29, 1.82) is 0 Å². The van der Waals surface area contributed by atoms with Gasteiger partial charge in [-0.15, -0.1) is 0 Å². The number of β-amino-alcohol motifs (C(OH)–C–C–N with tert-alkyl or cyclic N) is 1. The van der Waals surface area contributed by atoms with E-state index in [1.54, 1.807) is 30.6 Å². The van der Waals surface area contributed by atoms with E-state index in [9.17, 15) is 9.50 Å². The van der Waals surface area contributed by atoms with Crippen LogP contribution in [0.3, 0.4) is 0 Å². The summed E-state index contributed by atoms with van der Waals surface area (Å²) in [7, 11) is 0. The Kier molecular flexibility index (Phi) is 5.33. The molecule has 3 rings (SSSR count). The molecular formula is C18H21FN2O2. The smallest absolute Gasteiger partial charge is 0.129 e. The molecule has 2 atom stereocenters. The fraction of sp³-hybridized carbons (Fsp3) is 0.389. The van der Waals surface area contributed by atoms with Gasteiger partial charge in [0.15, 0.2) is 0 Å². The summed E-state index contributed by atoms with van der Waals surface area (Å²) in [5, 5.41) is 10.2. The maximum atomic E-state index is 13.7. The summed E-state index contributed by atoms with van der Waals surface area (Å²) < 4.78 is 19.6. The highest BCUT2D eigenvalue weighted by Gasteiger charge is 2.25. The van der Waals surface area contributed by atoms with Crippen molar-refractivity contribution < 1.29 is 14.2 Å². The van der Waals surface area contributed by atoms with Crippen molar-refractivity contribution in [3.05, 3.63) is 65.7 Å². The van der Waals surface area contributed by atoms with Crippen LogP contribution in [-0.4, -0.2) is 40.7 Å². The summed E-state index contributed by atoms with van der Waals surface area (Å²) in [6.45, 7) is 2.61. The van der Waals surface area contributed by atoms with Crippen LogP contribution in [0.1, 0.15) is 23.7 Å². The van der Waals surface area contributed by atoms with Crippen LogP contribution in [0.25, 0.3) is 0 Å². The molecule has 1 aliphatic heterocycles. The number of rotatable bonds is 6. The van der Waals surface area contributed by atoms with Crippen molar-refractivity contribution in [2.24, 2.45) is 0 Å². The van der Waals surface area contributed by atoms with Crippen molar-refractivity contribution in [3.8, 4) is 0 Å². The second-order valence-electron chi connectivity index (χ2n) is 5.87. The van der Waals surface area contributed by atoms with Crippen LogP contribution >= 0.6 is 0 Å². The van der Waals surface area contributed by atoms with Crippen molar-refractivity contribution in [1.82, 2.24) is 9.88 Å². The van der Waals surface area contributed by atoms with E-state index in [2.05, 4.69) is 9.88 Å². The number of aliphatic hydroxyl groups is 1. The topological polar surface area (TPSA) is 45.6 Å². The van der Waals surface area contributed by atoms with Gasteiger partial charge in [0, 0.05) is 37.6 Å². The second kappa shape index (κ2) is 7.64. The van der Waals surface area contributed by atoms with E-state index in [4.69, 9.17) is 4.74 Å². The number of hydrogen-bond donors (Lipinski definition) is 1. The van der Waals surface area contributed by atoms with Gasteiger partial charge < -0.3 is 9.84 Å². The van der Waals surface area contributed by atoms with Gasteiger partial charge in [-0.25, -0.2) is 4.39 Å². The van der Waals surface area contributed by atoms with Gasteiger partial charge in [-0.3, -0.25) is 9.88 Å². The van der Waals surface area contributed by atoms with Gasteiger partial charge >= 0.3 is 0 Å². The van der Waals surface area contributed by atoms with Gasteiger partial charge in [-0.05, 0) is 30.2 Å². The maximum Gasteiger partial charge on any atom is 0.129 e. The predicted octanol–water partition coefficient (Wildman–Crippen LogP) is 2.55. The normalized spacial score (nSPS) is 19.8. The standard InChI is InChI=1S/C18H21FN2O2/c19-17-4-2-1-3-16(17)18(22)12-21-10-7-15(11-21)23-13-14-5-8-20-9-6-14/h1-6,8-9,15,18,22H,7,10-13H2. The Bertz CT molecular complexity index is 623. The molecule has 2 heterocycles. The second-order valence-corrected chi connectivity index (χ2v) is 5.87. The van der Waals surface area contributed by atoms with E-state index in [0.29, 0.717) is 18.7 Å². The zero-order valence-electron chi connectivity index (χ0n) is 12.9. The first-order valence-electron chi connectivity index (χ1n) is 7.87. The maximum absolute atomic E-state index is 13.7. The van der Waals surface area contributed by atoms with Gasteiger partial charge in [0.25, 0.3) is 0 Å². The third-order valence-electron chi connectivity index (χ3n) is 4.16. The lowest BCUT2D eigenvalue weighted by atomic mass is 10.1.